The van der Waals surface area contributed by atoms with Crippen molar-refractivity contribution in [2.75, 3.05) is 20.8 Å². The third kappa shape index (κ3) is 4.13. The van der Waals surface area contributed by atoms with Gasteiger partial charge in [-0.3, -0.25) is 4.79 Å². The van der Waals surface area contributed by atoms with Gasteiger partial charge in [0.25, 0.3) is 0 Å². The van der Waals surface area contributed by atoms with Crippen LogP contribution in [-0.2, 0) is 19.1 Å². The summed E-state index contributed by atoms with van der Waals surface area (Å²) in [6.07, 6.45) is -10.0. The third-order valence-electron chi connectivity index (χ3n) is 3.13. The maximum atomic E-state index is 14.0. The van der Waals surface area contributed by atoms with Crippen molar-refractivity contribution in [1.82, 2.24) is 0 Å². The van der Waals surface area contributed by atoms with Gasteiger partial charge in [0, 0.05) is 19.2 Å². The molecule has 0 N–H and O–H groups in total. The predicted molar refractivity (Wildman–Crippen MR) is 74.8 cm³/mol. The van der Waals surface area contributed by atoms with E-state index >= 15 is 0 Å². The van der Waals surface area contributed by atoms with Crippen LogP contribution >= 0.6 is 0 Å². The number of rotatable bonds is 6. The zero-order valence-corrected chi connectivity index (χ0v) is 13.7. The molecule has 0 amide bonds. The van der Waals surface area contributed by atoms with Gasteiger partial charge in [-0.15, -0.1) is 0 Å². The summed E-state index contributed by atoms with van der Waals surface area (Å²) in [6.45, 7) is -0.538. The van der Waals surface area contributed by atoms with Crippen molar-refractivity contribution in [2.24, 2.45) is 10.2 Å². The number of hydrogen-bond acceptors (Lipinski definition) is 8. The minimum Gasteiger partial charge on any atom is -0.467 e. The van der Waals surface area contributed by atoms with Crippen LogP contribution in [0, 0.1) is 5.82 Å². The molecule has 1 aliphatic heterocycles. The van der Waals surface area contributed by atoms with Crippen LogP contribution in [0.25, 0.3) is 0 Å². The van der Waals surface area contributed by atoms with E-state index in [-0.39, 0.29) is 0 Å². The van der Waals surface area contributed by atoms with Crippen LogP contribution in [0.4, 0.5) is 27.6 Å². The van der Waals surface area contributed by atoms with Gasteiger partial charge in [0.15, 0.2) is 23.1 Å². The lowest BCUT2D eigenvalue weighted by molar-refractivity contribution is -0.391. The Labute approximate surface area is 147 Å². The molecule has 0 aliphatic carbocycles. The van der Waals surface area contributed by atoms with Crippen LogP contribution in [-0.4, -0.2) is 50.8 Å². The van der Waals surface area contributed by atoms with E-state index in [1.54, 1.807) is 0 Å². The summed E-state index contributed by atoms with van der Waals surface area (Å²) in [4.78, 5) is 23.3. The molecule has 27 heavy (non-hydrogen) atoms. The number of methoxy groups -OCH3 is 2. The molecule has 0 aromatic heterocycles. The van der Waals surface area contributed by atoms with E-state index < -0.39 is 59.6 Å². The molecule has 13 heteroatoms. The average molecular weight is 398 g/mol. The quantitative estimate of drug-likeness (QED) is 0.316. The summed E-state index contributed by atoms with van der Waals surface area (Å²) in [5, 5.41) is 6.58. The summed E-state index contributed by atoms with van der Waals surface area (Å²) in [5.41, 5.74) is -0.780. The van der Waals surface area contributed by atoms with Crippen molar-refractivity contribution in [3.63, 3.8) is 0 Å². The lowest BCUT2D eigenvalue weighted by Crippen LogP contribution is -2.52. The summed E-state index contributed by atoms with van der Waals surface area (Å²) in [6, 6.07) is -1.00. The zero-order chi connectivity index (χ0) is 20.4. The summed E-state index contributed by atoms with van der Waals surface area (Å²) in [7, 11) is 2.12. The number of nitrogens with zero attached hydrogens (tertiary/aromatic N) is 2. The lowest BCUT2D eigenvalue weighted by atomic mass is 10.2. The first kappa shape index (κ1) is 20.5. The van der Waals surface area contributed by atoms with Gasteiger partial charge in [0.2, 0.25) is 6.04 Å². The highest BCUT2D eigenvalue weighted by Gasteiger charge is 2.66. The first-order chi connectivity index (χ1) is 12.5. The fraction of sp³-hybridized carbons (Fsp3) is 0.429. The molecule has 1 aromatic rings. The molecule has 148 valence electrons. The van der Waals surface area contributed by atoms with Crippen LogP contribution in [0.1, 0.15) is 0 Å². The lowest BCUT2D eigenvalue weighted by Gasteiger charge is -2.31. The molecule has 0 fully saturated rings. The minimum absolute atomic E-state index is 0.316. The van der Waals surface area contributed by atoms with Crippen LogP contribution in [0.3, 0.4) is 0 Å². The monoisotopic (exact) mass is 398 g/mol. The molecule has 0 saturated heterocycles. The van der Waals surface area contributed by atoms with E-state index in [4.69, 9.17) is 0 Å². The topological polar surface area (TPSA) is 95.8 Å². The van der Waals surface area contributed by atoms with Gasteiger partial charge >= 0.3 is 18.2 Å². The van der Waals surface area contributed by atoms with Crippen molar-refractivity contribution in [3.05, 3.63) is 17.9 Å². The number of Topliss-reactive ketones (excluding diaryl/α,β-unsaturated/α-hetero) is 1. The number of hydrogen-bond donors (Lipinski definition) is 0. The van der Waals surface area contributed by atoms with E-state index in [0.29, 0.717) is 12.1 Å². The molecule has 1 unspecified atom stereocenters. The second-order valence-electron chi connectivity index (χ2n) is 5.03. The van der Waals surface area contributed by atoms with Crippen LogP contribution in [0.15, 0.2) is 22.4 Å². The number of ether oxygens (including phenoxy) is 4. The Bertz CT molecular complexity index is 786. The van der Waals surface area contributed by atoms with Crippen molar-refractivity contribution in [2.45, 2.75) is 18.3 Å². The number of carbonyl (C=O) groups excluding carboxylic acids is 2. The Hall–Kier alpha value is -2.83. The summed E-state index contributed by atoms with van der Waals surface area (Å²) in [5.74, 6) is -5.27. The molecule has 1 heterocycles. The van der Waals surface area contributed by atoms with Gasteiger partial charge in [-0.25, -0.2) is 9.18 Å². The van der Waals surface area contributed by atoms with Gasteiger partial charge in [-0.05, 0) is 0 Å². The molecule has 1 atom stereocenters. The Morgan fingerprint density at radius 1 is 1.11 bits per heavy atom. The highest BCUT2D eigenvalue weighted by Crippen LogP contribution is 2.48. The second kappa shape index (κ2) is 7.42. The van der Waals surface area contributed by atoms with Crippen molar-refractivity contribution in [1.29, 1.82) is 0 Å². The fourth-order valence-electron chi connectivity index (χ4n) is 1.85. The summed E-state index contributed by atoms with van der Waals surface area (Å²) < 4.78 is 83.0. The number of esters is 1. The van der Waals surface area contributed by atoms with Gasteiger partial charge in [-0.2, -0.15) is 27.8 Å². The maximum absolute atomic E-state index is 14.0. The maximum Gasteiger partial charge on any atom is 0.507 e. The Morgan fingerprint density at radius 3 is 2.19 bits per heavy atom. The Balaban J connectivity index is 2.36. The predicted octanol–water partition coefficient (Wildman–Crippen LogP) is 2.62. The van der Waals surface area contributed by atoms with E-state index in [0.717, 1.165) is 7.11 Å². The van der Waals surface area contributed by atoms with E-state index in [1.807, 2.05) is 0 Å². The smallest absolute Gasteiger partial charge is 0.467 e. The molecule has 1 aromatic carbocycles. The Morgan fingerprint density at radius 2 is 1.67 bits per heavy atom. The van der Waals surface area contributed by atoms with Crippen molar-refractivity contribution in [3.8, 4) is 11.5 Å². The van der Waals surface area contributed by atoms with E-state index in [2.05, 4.69) is 29.2 Å². The number of alkyl halides is 4. The molecule has 0 bridgehead atoms. The molecular weight excluding hydrogens is 387 g/mol. The minimum atomic E-state index is -5.02. The van der Waals surface area contributed by atoms with Crippen molar-refractivity contribution < 1.29 is 50.5 Å². The average Bonchev–Trinajstić information content (AvgIpc) is 2.56. The molecule has 1 aliphatic rings. The first-order valence-corrected chi connectivity index (χ1v) is 7.00. The number of halogens is 5. The molecule has 0 radical (unpaired) electrons. The highest BCUT2D eigenvalue weighted by atomic mass is 19.3. The molecular formula is C14H11F5N2O6. The zero-order valence-electron chi connectivity index (χ0n) is 13.7. The standard InChI is InChI=1S/C14H11F5N2O6/c1-24-5-8(22)11(12(23)25-2)21-20-7-4-10-9(3-6(7)15)26-13(16,17)14(18,19)27-10/h3-4,11H,5H2,1-2H3. The van der Waals surface area contributed by atoms with Crippen LogP contribution in [0.5, 0.6) is 11.5 Å². The van der Waals surface area contributed by atoms with Gasteiger partial charge in [-0.1, -0.05) is 0 Å². The molecule has 2 rings (SSSR count). The third-order valence-corrected chi connectivity index (χ3v) is 3.13. The summed E-state index contributed by atoms with van der Waals surface area (Å²) >= 11 is 0. The number of carbonyl (C=O) groups is 2. The van der Waals surface area contributed by atoms with Crippen LogP contribution < -0.4 is 9.47 Å². The molecule has 0 saturated carbocycles. The Kier molecular flexibility index (Phi) is 5.63. The highest BCUT2D eigenvalue weighted by molar-refractivity contribution is 6.03. The molecule has 0 spiro atoms. The van der Waals surface area contributed by atoms with Crippen molar-refractivity contribution >= 4 is 17.4 Å². The van der Waals surface area contributed by atoms with Gasteiger partial charge < -0.3 is 18.9 Å². The molecule has 8 nitrogen and oxygen atoms in total. The largest absolute Gasteiger partial charge is 0.507 e. The first-order valence-electron chi connectivity index (χ1n) is 7.00. The number of fused-ring (bicyclic) bond motifs is 1. The van der Waals surface area contributed by atoms with Gasteiger partial charge in [0.05, 0.1) is 7.11 Å². The van der Waals surface area contributed by atoms with Gasteiger partial charge in [0.1, 0.15) is 12.3 Å². The second-order valence-corrected chi connectivity index (χ2v) is 5.03. The number of azo groups is 1. The van der Waals surface area contributed by atoms with Crippen LogP contribution in [0.2, 0.25) is 0 Å². The number of benzene rings is 1. The fourth-order valence-corrected chi connectivity index (χ4v) is 1.85. The van der Waals surface area contributed by atoms with E-state index in [1.165, 1.54) is 7.11 Å². The SMILES string of the molecule is COCC(=O)C(N=Nc1cc2c(cc1F)OC(F)(F)C(F)(F)O2)C(=O)OC. The number of ketones is 1. The normalized spacial score (nSPS) is 18.2. The van der Waals surface area contributed by atoms with E-state index in [9.17, 15) is 31.5 Å².